The molecule has 1 saturated heterocycles. The van der Waals surface area contributed by atoms with Gasteiger partial charge in [-0.15, -0.1) is 11.3 Å². The van der Waals surface area contributed by atoms with Crippen molar-refractivity contribution in [3.8, 4) is 33.0 Å². The van der Waals surface area contributed by atoms with Crippen LogP contribution in [-0.4, -0.2) is 48.1 Å². The summed E-state index contributed by atoms with van der Waals surface area (Å²) in [6.07, 6.45) is 10.2. The van der Waals surface area contributed by atoms with Gasteiger partial charge in [0.15, 0.2) is 5.65 Å². The number of aromatic nitrogens is 6. The van der Waals surface area contributed by atoms with E-state index in [4.69, 9.17) is 0 Å². The van der Waals surface area contributed by atoms with Crippen LogP contribution in [0.5, 0.6) is 0 Å². The summed E-state index contributed by atoms with van der Waals surface area (Å²) in [6, 6.07) is 12.8. The lowest BCUT2D eigenvalue weighted by atomic mass is 10.1. The van der Waals surface area contributed by atoms with E-state index in [1.54, 1.807) is 11.3 Å². The number of hydrogen-bond acceptors (Lipinski definition) is 6. The van der Waals surface area contributed by atoms with Gasteiger partial charge in [0, 0.05) is 63.7 Å². The molecule has 6 aromatic rings. The smallest absolute Gasteiger partial charge is 0.155 e. The molecule has 1 aliphatic heterocycles. The van der Waals surface area contributed by atoms with Crippen molar-refractivity contribution in [1.82, 2.24) is 35.0 Å². The molecule has 35 heavy (non-hydrogen) atoms. The molecule has 7 heterocycles. The van der Waals surface area contributed by atoms with Crippen LogP contribution >= 0.6 is 11.3 Å². The fourth-order valence-corrected chi connectivity index (χ4v) is 5.76. The molecule has 6 aromatic heterocycles. The Bertz CT molecular complexity index is 1640. The van der Waals surface area contributed by atoms with Crippen LogP contribution in [0.2, 0.25) is 0 Å². The van der Waals surface area contributed by atoms with E-state index in [0.29, 0.717) is 0 Å². The number of H-pyrrole nitrogens is 2. The summed E-state index contributed by atoms with van der Waals surface area (Å²) >= 11 is 1.73. The molecule has 2 N–H and O–H groups in total. The number of likely N-dealkylation sites (tertiary alicyclic amines) is 1. The highest BCUT2D eigenvalue weighted by Crippen LogP contribution is 2.35. The zero-order chi connectivity index (χ0) is 23.2. The molecular weight excluding hydrogens is 454 g/mol. The van der Waals surface area contributed by atoms with Crippen LogP contribution in [0.15, 0.2) is 66.6 Å². The Morgan fingerprint density at radius 3 is 2.71 bits per heavy atom. The van der Waals surface area contributed by atoms with Gasteiger partial charge in [0.1, 0.15) is 11.3 Å². The lowest BCUT2D eigenvalue weighted by molar-refractivity contribution is 0.331. The van der Waals surface area contributed by atoms with Crippen LogP contribution in [-0.2, 0) is 6.54 Å². The van der Waals surface area contributed by atoms with Crippen molar-refractivity contribution in [1.29, 1.82) is 0 Å². The minimum atomic E-state index is 0.759. The zero-order valence-corrected chi connectivity index (χ0v) is 19.8. The number of hydrogen-bond donors (Lipinski definition) is 2. The van der Waals surface area contributed by atoms with Gasteiger partial charge in [0.05, 0.1) is 5.69 Å². The summed E-state index contributed by atoms with van der Waals surface area (Å²) in [5.41, 5.74) is 7.88. The number of thiophene rings is 1. The third-order valence-corrected chi connectivity index (χ3v) is 7.63. The number of nitrogens with zero attached hydrogens (tertiary/aromatic N) is 5. The third kappa shape index (κ3) is 3.71. The molecule has 0 spiro atoms. The molecule has 1 fully saturated rings. The molecular formula is C27H23N7S. The maximum absolute atomic E-state index is 4.66. The van der Waals surface area contributed by atoms with Gasteiger partial charge in [0.2, 0.25) is 0 Å². The van der Waals surface area contributed by atoms with Gasteiger partial charge in [-0.3, -0.25) is 15.0 Å². The topological polar surface area (TPSA) is 86.4 Å². The van der Waals surface area contributed by atoms with Crippen LogP contribution < -0.4 is 0 Å². The minimum absolute atomic E-state index is 0.759. The Hall–Kier alpha value is -3.88. The Labute approximate surface area is 205 Å². The lowest BCUT2D eigenvalue weighted by Gasteiger charge is -2.14. The average molecular weight is 478 g/mol. The second-order valence-corrected chi connectivity index (χ2v) is 9.99. The maximum atomic E-state index is 4.66. The molecule has 7 rings (SSSR count). The second-order valence-electron chi connectivity index (χ2n) is 9.04. The first-order valence-corrected chi connectivity index (χ1v) is 12.7. The SMILES string of the molecule is c1csc(-c2ccnc3[nH]c(-c4n[nH]c5ncc(-c6cncc(CN7CCCC7)c6)cc45)cc23)c1. The van der Waals surface area contributed by atoms with Gasteiger partial charge in [-0.25, -0.2) is 9.97 Å². The van der Waals surface area contributed by atoms with Gasteiger partial charge in [-0.1, -0.05) is 6.07 Å². The number of nitrogens with one attached hydrogen (secondary N) is 2. The molecule has 7 nitrogen and oxygen atoms in total. The van der Waals surface area contributed by atoms with Crippen molar-refractivity contribution in [2.75, 3.05) is 13.1 Å². The predicted molar refractivity (Wildman–Crippen MR) is 140 cm³/mol. The van der Waals surface area contributed by atoms with Crippen molar-refractivity contribution in [2.45, 2.75) is 19.4 Å². The van der Waals surface area contributed by atoms with Gasteiger partial charge in [0.25, 0.3) is 0 Å². The average Bonchev–Trinajstić information content (AvgIpc) is 3.70. The number of rotatable bonds is 5. The molecule has 8 heteroatoms. The van der Waals surface area contributed by atoms with Crippen molar-refractivity contribution < 1.29 is 0 Å². The summed E-state index contributed by atoms with van der Waals surface area (Å²) in [5.74, 6) is 0. The van der Waals surface area contributed by atoms with Crippen LogP contribution in [0.1, 0.15) is 18.4 Å². The molecule has 0 unspecified atom stereocenters. The first kappa shape index (κ1) is 20.5. The molecule has 0 atom stereocenters. The van der Waals surface area contributed by atoms with Crippen LogP contribution in [0.3, 0.4) is 0 Å². The molecule has 0 radical (unpaired) electrons. The maximum Gasteiger partial charge on any atom is 0.155 e. The quantitative estimate of drug-likeness (QED) is 0.323. The van der Waals surface area contributed by atoms with Crippen molar-refractivity contribution in [2.24, 2.45) is 0 Å². The van der Waals surface area contributed by atoms with E-state index in [-0.39, 0.29) is 0 Å². The molecule has 0 amide bonds. The molecule has 0 bridgehead atoms. The molecule has 0 saturated carbocycles. The van der Waals surface area contributed by atoms with E-state index in [0.717, 1.165) is 51.1 Å². The molecule has 1 aliphatic rings. The van der Waals surface area contributed by atoms with E-state index >= 15 is 0 Å². The number of fused-ring (bicyclic) bond motifs is 2. The lowest BCUT2D eigenvalue weighted by Crippen LogP contribution is -2.18. The van der Waals surface area contributed by atoms with Crippen LogP contribution in [0, 0.1) is 0 Å². The van der Waals surface area contributed by atoms with Gasteiger partial charge < -0.3 is 4.98 Å². The Morgan fingerprint density at radius 2 is 1.83 bits per heavy atom. The highest BCUT2D eigenvalue weighted by molar-refractivity contribution is 7.13. The Kier molecular flexibility index (Phi) is 4.92. The van der Waals surface area contributed by atoms with E-state index in [9.17, 15) is 0 Å². The van der Waals surface area contributed by atoms with E-state index < -0.39 is 0 Å². The molecule has 0 aliphatic carbocycles. The van der Waals surface area contributed by atoms with Crippen molar-refractivity contribution in [3.63, 3.8) is 0 Å². The largest absolute Gasteiger partial charge is 0.338 e. The van der Waals surface area contributed by atoms with Crippen molar-refractivity contribution >= 4 is 33.4 Å². The number of pyridine rings is 3. The third-order valence-electron chi connectivity index (χ3n) is 6.72. The fraction of sp³-hybridized carbons (Fsp3) is 0.185. The van der Waals surface area contributed by atoms with Crippen LogP contribution in [0.4, 0.5) is 0 Å². The standard InChI is InChI=1S/C27H23N7S/c1-2-8-34(7-1)16-17-10-18(14-28-13-17)19-11-22-25(32-33-27(22)30-15-19)23-12-21-20(24-4-3-9-35-24)5-6-29-26(21)31-23/h3-6,9-15H,1-2,7-8,16H2,(H,29,31)(H,30,32,33). The first-order chi connectivity index (χ1) is 17.3. The van der Waals surface area contributed by atoms with E-state index in [2.05, 4.69) is 76.8 Å². The first-order valence-electron chi connectivity index (χ1n) is 11.8. The highest BCUT2D eigenvalue weighted by Gasteiger charge is 2.16. The van der Waals surface area contributed by atoms with Gasteiger partial charge in [-0.05, 0) is 67.2 Å². The predicted octanol–water partition coefficient (Wildman–Crippen LogP) is 5.89. The second kappa shape index (κ2) is 8.41. The molecule has 172 valence electrons. The summed E-state index contributed by atoms with van der Waals surface area (Å²) in [7, 11) is 0. The van der Waals surface area contributed by atoms with E-state index in [1.165, 1.54) is 41.9 Å². The van der Waals surface area contributed by atoms with Gasteiger partial charge >= 0.3 is 0 Å². The normalized spacial score (nSPS) is 14.4. The van der Waals surface area contributed by atoms with Crippen molar-refractivity contribution in [3.05, 3.63) is 72.1 Å². The highest BCUT2D eigenvalue weighted by atomic mass is 32.1. The number of aromatic amines is 2. The summed E-state index contributed by atoms with van der Waals surface area (Å²) < 4.78 is 0. The minimum Gasteiger partial charge on any atom is -0.338 e. The van der Waals surface area contributed by atoms with Crippen LogP contribution in [0.25, 0.3) is 55.0 Å². The fourth-order valence-electron chi connectivity index (χ4n) is 5.00. The van der Waals surface area contributed by atoms with E-state index in [1.807, 2.05) is 24.8 Å². The summed E-state index contributed by atoms with van der Waals surface area (Å²) in [4.78, 5) is 20.9. The summed E-state index contributed by atoms with van der Waals surface area (Å²) in [5, 5.41) is 11.8. The Morgan fingerprint density at radius 1 is 0.914 bits per heavy atom. The monoisotopic (exact) mass is 477 g/mol. The van der Waals surface area contributed by atoms with Gasteiger partial charge in [-0.2, -0.15) is 5.10 Å². The summed E-state index contributed by atoms with van der Waals surface area (Å²) in [6.45, 7) is 3.29. The Balaban J connectivity index is 1.28. The zero-order valence-electron chi connectivity index (χ0n) is 19.0. The molecule has 0 aromatic carbocycles.